The van der Waals surface area contributed by atoms with Crippen LogP contribution in [0, 0.1) is 5.82 Å². The molecule has 28 heavy (non-hydrogen) atoms. The molecule has 0 spiro atoms. The summed E-state index contributed by atoms with van der Waals surface area (Å²) < 4.78 is 20.1. The van der Waals surface area contributed by atoms with E-state index >= 15 is 0 Å². The third-order valence-corrected chi connectivity index (χ3v) is 4.37. The van der Waals surface area contributed by atoms with E-state index in [1.807, 2.05) is 30.3 Å². The molecule has 2 aromatic carbocycles. The second kappa shape index (κ2) is 7.48. The fraction of sp³-hybridized carbons (Fsp3) is 0.0952. The topological polar surface area (TPSA) is 77.1 Å². The second-order valence-electron chi connectivity index (χ2n) is 6.27. The number of hydrogen-bond acceptors (Lipinski definition) is 4. The number of halogens is 1. The molecule has 140 valence electrons. The molecule has 1 N–H and O–H groups in total. The lowest BCUT2D eigenvalue weighted by Gasteiger charge is -2.17. The predicted molar refractivity (Wildman–Crippen MR) is 101 cm³/mol. The number of carbonyl (C=O) groups is 1. The summed E-state index contributed by atoms with van der Waals surface area (Å²) in [5, 5.41) is 3.00. The maximum absolute atomic E-state index is 13.5. The van der Waals surface area contributed by atoms with Gasteiger partial charge in [-0.3, -0.25) is 14.2 Å². The minimum Gasteiger partial charge on any atom is -0.467 e. The van der Waals surface area contributed by atoms with E-state index in [0.29, 0.717) is 11.3 Å². The highest BCUT2D eigenvalue weighted by molar-refractivity contribution is 5.79. The van der Waals surface area contributed by atoms with E-state index < -0.39 is 23.3 Å². The minimum absolute atomic E-state index is 0.126. The Hall–Kier alpha value is -3.74. The molecule has 0 saturated heterocycles. The first-order valence-electron chi connectivity index (χ1n) is 8.64. The molecule has 1 amide bonds. The van der Waals surface area contributed by atoms with Crippen molar-refractivity contribution in [2.75, 3.05) is 0 Å². The van der Waals surface area contributed by atoms with Crippen molar-refractivity contribution in [2.45, 2.75) is 12.6 Å². The molecular formula is C21H16FN3O3. The highest BCUT2D eigenvalue weighted by Crippen LogP contribution is 2.22. The maximum atomic E-state index is 13.5. The van der Waals surface area contributed by atoms with Crippen molar-refractivity contribution in [3.63, 3.8) is 0 Å². The summed E-state index contributed by atoms with van der Waals surface area (Å²) >= 11 is 0. The van der Waals surface area contributed by atoms with Crippen molar-refractivity contribution in [1.29, 1.82) is 0 Å². The van der Waals surface area contributed by atoms with Crippen LogP contribution >= 0.6 is 0 Å². The van der Waals surface area contributed by atoms with Gasteiger partial charge in [-0.05, 0) is 35.9 Å². The van der Waals surface area contributed by atoms with Gasteiger partial charge in [-0.15, -0.1) is 0 Å². The van der Waals surface area contributed by atoms with E-state index in [1.165, 1.54) is 24.7 Å². The number of hydrogen-bond donors (Lipinski definition) is 1. The lowest BCUT2D eigenvalue weighted by molar-refractivity contribution is -0.122. The molecule has 0 aliphatic rings. The number of benzene rings is 2. The van der Waals surface area contributed by atoms with Crippen LogP contribution in [0.15, 0.2) is 82.5 Å². The Morgan fingerprint density at radius 3 is 2.71 bits per heavy atom. The molecular weight excluding hydrogens is 361 g/mol. The lowest BCUT2D eigenvalue weighted by atomic mass is 10.0. The summed E-state index contributed by atoms with van der Waals surface area (Å²) in [5.74, 6) is -0.355. The van der Waals surface area contributed by atoms with Crippen molar-refractivity contribution in [3.8, 4) is 0 Å². The van der Waals surface area contributed by atoms with Crippen molar-refractivity contribution < 1.29 is 13.6 Å². The molecule has 4 rings (SSSR count). The molecule has 7 heteroatoms. The van der Waals surface area contributed by atoms with Crippen molar-refractivity contribution in [1.82, 2.24) is 14.9 Å². The van der Waals surface area contributed by atoms with E-state index in [1.54, 1.807) is 12.1 Å². The number of fused-ring (bicyclic) bond motifs is 1. The number of nitrogens with one attached hydrogen (secondary N) is 1. The summed E-state index contributed by atoms with van der Waals surface area (Å²) in [6, 6.07) is 16.2. The van der Waals surface area contributed by atoms with Gasteiger partial charge in [0.1, 0.15) is 24.2 Å². The molecule has 0 unspecified atom stereocenters. The first-order valence-corrected chi connectivity index (χ1v) is 8.64. The number of rotatable bonds is 5. The molecule has 2 heterocycles. The first kappa shape index (κ1) is 17.7. The van der Waals surface area contributed by atoms with Gasteiger partial charge in [0, 0.05) is 0 Å². The average Bonchev–Trinajstić information content (AvgIpc) is 3.24. The molecule has 0 fully saturated rings. The van der Waals surface area contributed by atoms with Crippen LogP contribution in [-0.2, 0) is 11.3 Å². The third-order valence-electron chi connectivity index (χ3n) is 4.37. The fourth-order valence-corrected chi connectivity index (χ4v) is 3.02. The Balaban J connectivity index is 1.60. The SMILES string of the molecule is O=C(Cn1cnc2ccc(F)cc2c1=O)N[C@H](c1ccccc1)c1ccco1. The molecule has 1 atom stereocenters. The number of nitrogens with zero attached hydrogens (tertiary/aromatic N) is 2. The van der Waals surface area contributed by atoms with Gasteiger partial charge in [0.15, 0.2) is 0 Å². The number of carbonyl (C=O) groups excluding carboxylic acids is 1. The molecule has 4 aromatic rings. The quantitative estimate of drug-likeness (QED) is 0.580. The van der Waals surface area contributed by atoms with Crippen LogP contribution in [0.25, 0.3) is 10.9 Å². The molecule has 0 saturated carbocycles. The monoisotopic (exact) mass is 377 g/mol. The number of amides is 1. The van der Waals surface area contributed by atoms with Crippen LogP contribution in [-0.4, -0.2) is 15.5 Å². The predicted octanol–water partition coefficient (Wildman–Crippen LogP) is 3.03. The van der Waals surface area contributed by atoms with Gasteiger partial charge in [0.2, 0.25) is 5.91 Å². The Labute approximate surface area is 159 Å². The van der Waals surface area contributed by atoms with E-state index in [-0.39, 0.29) is 11.9 Å². The fourth-order valence-electron chi connectivity index (χ4n) is 3.02. The van der Waals surface area contributed by atoms with Gasteiger partial charge in [0.25, 0.3) is 5.56 Å². The van der Waals surface area contributed by atoms with Crippen LogP contribution in [0.3, 0.4) is 0 Å². The van der Waals surface area contributed by atoms with Crippen molar-refractivity contribution in [3.05, 3.63) is 101 Å². The minimum atomic E-state index is -0.532. The summed E-state index contributed by atoms with van der Waals surface area (Å²) in [6.45, 7) is -0.248. The van der Waals surface area contributed by atoms with Gasteiger partial charge >= 0.3 is 0 Å². The highest BCUT2D eigenvalue weighted by Gasteiger charge is 2.20. The average molecular weight is 377 g/mol. The van der Waals surface area contributed by atoms with Gasteiger partial charge in [-0.25, -0.2) is 9.37 Å². The normalized spacial score (nSPS) is 12.0. The zero-order chi connectivity index (χ0) is 19.5. The maximum Gasteiger partial charge on any atom is 0.261 e. The summed E-state index contributed by atoms with van der Waals surface area (Å²) in [4.78, 5) is 29.3. The molecule has 0 aliphatic carbocycles. The Kier molecular flexibility index (Phi) is 4.72. The molecule has 2 aromatic heterocycles. The van der Waals surface area contributed by atoms with Gasteiger partial charge in [0.05, 0.1) is 23.5 Å². The smallest absolute Gasteiger partial charge is 0.261 e. The van der Waals surface area contributed by atoms with Crippen LogP contribution in [0.2, 0.25) is 0 Å². The summed E-state index contributed by atoms with van der Waals surface area (Å²) in [6.07, 6.45) is 2.82. The van der Waals surface area contributed by atoms with Gasteiger partial charge < -0.3 is 9.73 Å². The van der Waals surface area contributed by atoms with Crippen molar-refractivity contribution >= 4 is 16.8 Å². The number of aromatic nitrogens is 2. The zero-order valence-electron chi connectivity index (χ0n) is 14.7. The first-order chi connectivity index (χ1) is 13.6. The van der Waals surface area contributed by atoms with Crippen LogP contribution in [0.4, 0.5) is 4.39 Å². The van der Waals surface area contributed by atoms with Gasteiger partial charge in [-0.2, -0.15) is 0 Å². The largest absolute Gasteiger partial charge is 0.467 e. The Bertz CT molecular complexity index is 1170. The van der Waals surface area contributed by atoms with Crippen LogP contribution in [0.1, 0.15) is 17.4 Å². The third kappa shape index (κ3) is 3.55. The van der Waals surface area contributed by atoms with E-state index in [0.717, 1.165) is 16.2 Å². The highest BCUT2D eigenvalue weighted by atomic mass is 19.1. The zero-order valence-corrected chi connectivity index (χ0v) is 14.7. The van der Waals surface area contributed by atoms with Crippen LogP contribution < -0.4 is 10.9 Å². The molecule has 6 nitrogen and oxygen atoms in total. The Morgan fingerprint density at radius 1 is 1.14 bits per heavy atom. The number of furan rings is 1. The molecule has 0 aliphatic heterocycles. The second-order valence-corrected chi connectivity index (χ2v) is 6.27. The van der Waals surface area contributed by atoms with Crippen LogP contribution in [0.5, 0.6) is 0 Å². The molecule has 0 bridgehead atoms. The summed E-state index contributed by atoms with van der Waals surface area (Å²) in [7, 11) is 0. The van der Waals surface area contributed by atoms with E-state index in [2.05, 4.69) is 10.3 Å². The van der Waals surface area contributed by atoms with E-state index in [4.69, 9.17) is 4.42 Å². The standard InChI is InChI=1S/C21H16FN3O3/c22-15-8-9-17-16(11-15)21(27)25(13-23-17)12-19(26)24-20(18-7-4-10-28-18)14-5-2-1-3-6-14/h1-11,13,20H,12H2,(H,24,26)/t20-/m1/s1. The molecule has 0 radical (unpaired) electrons. The van der Waals surface area contributed by atoms with Gasteiger partial charge in [-0.1, -0.05) is 30.3 Å². The van der Waals surface area contributed by atoms with E-state index in [9.17, 15) is 14.0 Å². The lowest BCUT2D eigenvalue weighted by Crippen LogP contribution is -2.35. The Morgan fingerprint density at radius 2 is 1.96 bits per heavy atom. The van der Waals surface area contributed by atoms with Crippen molar-refractivity contribution in [2.24, 2.45) is 0 Å². The summed E-state index contributed by atoms with van der Waals surface area (Å²) in [5.41, 5.74) is 0.742.